The summed E-state index contributed by atoms with van der Waals surface area (Å²) in [5.74, 6) is 0.785. The van der Waals surface area contributed by atoms with E-state index in [0.29, 0.717) is 10.6 Å². The van der Waals surface area contributed by atoms with Gasteiger partial charge in [0.05, 0.1) is 12.8 Å². The quantitative estimate of drug-likeness (QED) is 0.670. The fourth-order valence-corrected chi connectivity index (χ4v) is 2.13. The minimum absolute atomic E-state index is 0.0112. The monoisotopic (exact) mass is 289 g/mol. The van der Waals surface area contributed by atoms with Crippen molar-refractivity contribution in [2.45, 2.75) is 0 Å². The van der Waals surface area contributed by atoms with Crippen molar-refractivity contribution >= 4 is 28.8 Å². The Bertz CT molecular complexity index is 626. The van der Waals surface area contributed by atoms with Gasteiger partial charge in [0.2, 0.25) is 0 Å². The lowest BCUT2D eigenvalue weighted by Crippen LogP contribution is -2.18. The fraction of sp³-hybridized carbons (Fsp3) is 0.133. The van der Waals surface area contributed by atoms with Crippen molar-refractivity contribution in [3.63, 3.8) is 0 Å². The summed E-state index contributed by atoms with van der Waals surface area (Å²) < 4.78 is 5.14. The summed E-state index contributed by atoms with van der Waals surface area (Å²) >= 11 is 5.96. The third-order valence-electron chi connectivity index (χ3n) is 3.07. The smallest absolute Gasteiger partial charge is 0.124 e. The molecule has 2 aromatic rings. The number of methoxy groups -OCH3 is 1. The summed E-state index contributed by atoms with van der Waals surface area (Å²) in [7, 11) is 3.54. The van der Waals surface area contributed by atoms with Crippen molar-refractivity contribution in [3.8, 4) is 5.75 Å². The summed E-state index contributed by atoms with van der Waals surface area (Å²) in [6.07, 6.45) is 0. The van der Waals surface area contributed by atoms with E-state index in [2.05, 4.69) is 0 Å². The molecule has 0 aliphatic rings. The largest absolute Gasteiger partial charge is 0.497 e. The van der Waals surface area contributed by atoms with E-state index in [4.69, 9.17) is 27.5 Å². The Labute approximate surface area is 123 Å². The molecule has 0 aliphatic heterocycles. The predicted octanol–water partition coefficient (Wildman–Crippen LogP) is 3.40. The zero-order valence-electron chi connectivity index (χ0n) is 11.4. The second kappa shape index (κ2) is 5.84. The van der Waals surface area contributed by atoms with Gasteiger partial charge in [0.25, 0.3) is 0 Å². The standard InChI is InChI=1S/C15H16ClN3O/c1-19(11-4-6-12(20-2)7-5-11)14-8-3-10(16)9-13(14)15(17)18/h3-9H,1-2H3,(H3,17,18). The minimum Gasteiger partial charge on any atom is -0.497 e. The number of nitrogens with two attached hydrogens (primary N) is 1. The van der Waals surface area contributed by atoms with Crippen molar-refractivity contribution in [1.29, 1.82) is 5.41 Å². The molecule has 0 spiro atoms. The molecule has 0 atom stereocenters. The van der Waals surface area contributed by atoms with Crippen LogP contribution in [0.5, 0.6) is 5.75 Å². The van der Waals surface area contributed by atoms with Crippen molar-refractivity contribution in [2.75, 3.05) is 19.1 Å². The first-order valence-corrected chi connectivity index (χ1v) is 6.42. The van der Waals surface area contributed by atoms with Gasteiger partial charge in [0.1, 0.15) is 11.6 Å². The average molecular weight is 290 g/mol. The normalized spacial score (nSPS) is 10.2. The van der Waals surface area contributed by atoms with Crippen molar-refractivity contribution in [3.05, 3.63) is 53.1 Å². The lowest BCUT2D eigenvalue weighted by molar-refractivity contribution is 0.415. The molecule has 0 amide bonds. The first-order valence-electron chi connectivity index (χ1n) is 6.04. The highest BCUT2D eigenvalue weighted by molar-refractivity contribution is 6.31. The number of benzene rings is 2. The summed E-state index contributed by atoms with van der Waals surface area (Å²) in [6, 6.07) is 13.0. The molecule has 0 heterocycles. The van der Waals surface area contributed by atoms with E-state index in [-0.39, 0.29) is 5.84 Å². The number of anilines is 2. The van der Waals surface area contributed by atoms with Crippen LogP contribution in [0.3, 0.4) is 0 Å². The molecule has 104 valence electrons. The number of nitrogens with one attached hydrogen (secondary N) is 1. The van der Waals surface area contributed by atoms with E-state index < -0.39 is 0 Å². The molecule has 0 bridgehead atoms. The number of hydrogen-bond acceptors (Lipinski definition) is 3. The van der Waals surface area contributed by atoms with Gasteiger partial charge in [-0.25, -0.2) is 0 Å². The second-order valence-electron chi connectivity index (χ2n) is 4.33. The molecule has 2 aromatic carbocycles. The molecule has 2 rings (SSSR count). The number of hydrogen-bond donors (Lipinski definition) is 2. The highest BCUT2D eigenvalue weighted by atomic mass is 35.5. The number of nitrogen functional groups attached to an aromatic ring is 1. The molecule has 0 radical (unpaired) electrons. The van der Waals surface area contributed by atoms with E-state index >= 15 is 0 Å². The van der Waals surface area contributed by atoms with Gasteiger partial charge < -0.3 is 15.4 Å². The Balaban J connectivity index is 2.41. The third-order valence-corrected chi connectivity index (χ3v) is 3.30. The molecule has 0 aliphatic carbocycles. The van der Waals surface area contributed by atoms with E-state index in [0.717, 1.165) is 17.1 Å². The molecular formula is C15H16ClN3O. The van der Waals surface area contributed by atoms with Gasteiger partial charge in [0, 0.05) is 23.3 Å². The molecule has 0 fully saturated rings. The fourth-order valence-electron chi connectivity index (χ4n) is 1.96. The maximum absolute atomic E-state index is 7.67. The first-order chi connectivity index (χ1) is 9.52. The van der Waals surface area contributed by atoms with Crippen LogP contribution in [0.4, 0.5) is 11.4 Å². The molecule has 0 aromatic heterocycles. The number of nitrogens with zero attached hydrogens (tertiary/aromatic N) is 1. The van der Waals surface area contributed by atoms with Crippen LogP contribution in [0.2, 0.25) is 5.02 Å². The van der Waals surface area contributed by atoms with Crippen LogP contribution in [-0.2, 0) is 0 Å². The van der Waals surface area contributed by atoms with Crippen LogP contribution in [0.1, 0.15) is 5.56 Å². The Morgan fingerprint density at radius 3 is 2.40 bits per heavy atom. The average Bonchev–Trinajstić information content (AvgIpc) is 2.46. The summed E-state index contributed by atoms with van der Waals surface area (Å²) in [5.41, 5.74) is 8.02. The van der Waals surface area contributed by atoms with Crippen molar-refractivity contribution in [2.24, 2.45) is 5.73 Å². The van der Waals surface area contributed by atoms with Gasteiger partial charge in [-0.05, 0) is 42.5 Å². The van der Waals surface area contributed by atoms with Crippen molar-refractivity contribution in [1.82, 2.24) is 0 Å². The van der Waals surface area contributed by atoms with E-state index in [1.807, 2.05) is 42.3 Å². The Morgan fingerprint density at radius 1 is 1.20 bits per heavy atom. The summed E-state index contributed by atoms with van der Waals surface area (Å²) in [5, 5.41) is 8.22. The van der Waals surface area contributed by atoms with Gasteiger partial charge in [0.15, 0.2) is 0 Å². The molecular weight excluding hydrogens is 274 g/mol. The van der Waals surface area contributed by atoms with E-state index in [9.17, 15) is 0 Å². The molecule has 5 heteroatoms. The van der Waals surface area contributed by atoms with Crippen LogP contribution in [0.25, 0.3) is 0 Å². The van der Waals surface area contributed by atoms with Gasteiger partial charge in [-0.2, -0.15) is 0 Å². The summed E-state index contributed by atoms with van der Waals surface area (Å²) in [6.45, 7) is 0. The molecule has 3 N–H and O–H groups in total. The number of ether oxygens (including phenoxy) is 1. The lowest BCUT2D eigenvalue weighted by atomic mass is 10.1. The third kappa shape index (κ3) is 2.86. The first kappa shape index (κ1) is 14.2. The Kier molecular flexibility index (Phi) is 4.15. The van der Waals surface area contributed by atoms with Crippen LogP contribution in [0.15, 0.2) is 42.5 Å². The van der Waals surface area contributed by atoms with Crippen molar-refractivity contribution < 1.29 is 4.74 Å². The maximum Gasteiger partial charge on any atom is 0.124 e. The number of halogens is 1. The highest BCUT2D eigenvalue weighted by Crippen LogP contribution is 2.30. The van der Waals surface area contributed by atoms with E-state index in [1.165, 1.54) is 0 Å². The molecule has 20 heavy (non-hydrogen) atoms. The molecule has 0 saturated heterocycles. The number of amidine groups is 1. The zero-order chi connectivity index (χ0) is 14.7. The second-order valence-corrected chi connectivity index (χ2v) is 4.77. The predicted molar refractivity (Wildman–Crippen MR) is 83.5 cm³/mol. The van der Waals surface area contributed by atoms with Crippen LogP contribution in [0, 0.1) is 5.41 Å². The topological polar surface area (TPSA) is 62.3 Å². The number of rotatable bonds is 4. The SMILES string of the molecule is COc1ccc(N(C)c2ccc(Cl)cc2C(=N)N)cc1. The van der Waals surface area contributed by atoms with Gasteiger partial charge in [-0.15, -0.1) is 0 Å². The van der Waals surface area contributed by atoms with Crippen LogP contribution >= 0.6 is 11.6 Å². The lowest BCUT2D eigenvalue weighted by Gasteiger charge is -2.22. The zero-order valence-corrected chi connectivity index (χ0v) is 12.1. The molecule has 0 saturated carbocycles. The molecule has 0 unspecified atom stereocenters. The summed E-state index contributed by atoms with van der Waals surface area (Å²) in [4.78, 5) is 1.95. The Hall–Kier alpha value is -2.20. The van der Waals surface area contributed by atoms with Gasteiger partial charge in [-0.3, -0.25) is 5.41 Å². The minimum atomic E-state index is -0.0112. The van der Waals surface area contributed by atoms with E-state index in [1.54, 1.807) is 19.2 Å². The molecule has 4 nitrogen and oxygen atoms in total. The van der Waals surface area contributed by atoms with Crippen LogP contribution in [-0.4, -0.2) is 20.0 Å². The maximum atomic E-state index is 7.67. The van der Waals surface area contributed by atoms with Crippen LogP contribution < -0.4 is 15.4 Å². The highest BCUT2D eigenvalue weighted by Gasteiger charge is 2.12. The Morgan fingerprint density at radius 2 is 1.85 bits per heavy atom. The van der Waals surface area contributed by atoms with Gasteiger partial charge in [-0.1, -0.05) is 11.6 Å². The van der Waals surface area contributed by atoms with Gasteiger partial charge >= 0.3 is 0 Å².